The Kier molecular flexibility index (Phi) is 8.22. The van der Waals surface area contributed by atoms with Gasteiger partial charge in [0.05, 0.1) is 11.4 Å². The van der Waals surface area contributed by atoms with Crippen LogP contribution in [-0.2, 0) is 0 Å². The number of fused-ring (bicyclic) bond motifs is 6. The molecule has 0 spiro atoms. The molecule has 0 radical (unpaired) electrons. The summed E-state index contributed by atoms with van der Waals surface area (Å²) in [5.41, 5.74) is 12.5. The highest BCUT2D eigenvalue weighted by atomic mass is 16.5. The molecule has 1 heterocycles. The maximum absolute atomic E-state index is 6.37. The van der Waals surface area contributed by atoms with Gasteiger partial charge in [0.25, 0.3) is 0 Å². The third kappa shape index (κ3) is 5.93. The van der Waals surface area contributed by atoms with E-state index in [-0.39, 0.29) is 6.23 Å². The minimum absolute atomic E-state index is 0.234. The first-order valence-electron chi connectivity index (χ1n) is 19.9. The van der Waals surface area contributed by atoms with Gasteiger partial charge in [0.1, 0.15) is 5.75 Å². The summed E-state index contributed by atoms with van der Waals surface area (Å²) in [5, 5.41) is 11.1. The van der Waals surface area contributed by atoms with Crippen molar-refractivity contribution in [2.24, 2.45) is 0 Å². The van der Waals surface area contributed by atoms with Crippen LogP contribution >= 0.6 is 0 Å². The molecular weight excluding hydrogens is 705 g/mol. The van der Waals surface area contributed by atoms with Crippen molar-refractivity contribution >= 4 is 55.1 Å². The van der Waals surface area contributed by atoms with Crippen molar-refractivity contribution in [3.63, 3.8) is 0 Å². The second-order valence-corrected chi connectivity index (χ2v) is 14.9. The fourth-order valence-electron chi connectivity index (χ4n) is 8.63. The molecule has 0 saturated carbocycles. The number of nitrogens with zero attached hydrogens (tertiary/aromatic N) is 1. The van der Waals surface area contributed by atoms with E-state index in [1.807, 2.05) is 0 Å². The van der Waals surface area contributed by atoms with Gasteiger partial charge < -0.3 is 15.0 Å². The molecule has 0 aliphatic carbocycles. The van der Waals surface area contributed by atoms with E-state index in [4.69, 9.17) is 4.74 Å². The molecule has 58 heavy (non-hydrogen) atoms. The Morgan fingerprint density at radius 2 is 0.931 bits per heavy atom. The lowest BCUT2D eigenvalue weighted by molar-refractivity contribution is 0.260. The predicted molar refractivity (Wildman–Crippen MR) is 243 cm³/mol. The summed E-state index contributed by atoms with van der Waals surface area (Å²) in [5.74, 6) is 0.888. The van der Waals surface area contributed by atoms with Gasteiger partial charge >= 0.3 is 0 Å². The highest BCUT2D eigenvalue weighted by molar-refractivity contribution is 6.13. The quantitative estimate of drug-likeness (QED) is 0.165. The number of para-hydroxylation sites is 1. The standard InChI is InChI=1S/C55H38N2O/c1-2-12-39(13-3-1)47-17-10-11-21-52(47)57(45-33-28-41(29-34-45)51-36-43-15-5-6-16-46(43)49-19-8-9-20-50(49)51)44-31-26-38(27-32-44)37-22-24-42(25-23-37)55-56-54-48-18-7-4-14-40(48)30-35-53(54)58-55/h1-36,55-56H. The van der Waals surface area contributed by atoms with Crippen molar-refractivity contribution in [3.8, 4) is 39.1 Å². The number of ether oxygens (including phenoxy) is 1. The van der Waals surface area contributed by atoms with E-state index in [9.17, 15) is 0 Å². The Morgan fingerprint density at radius 1 is 0.379 bits per heavy atom. The van der Waals surface area contributed by atoms with E-state index in [1.54, 1.807) is 0 Å². The Hall–Kier alpha value is -7.62. The molecule has 1 N–H and O–H groups in total. The molecule has 10 aromatic carbocycles. The Labute approximate surface area is 338 Å². The smallest absolute Gasteiger partial charge is 0.196 e. The van der Waals surface area contributed by atoms with Crippen LogP contribution in [-0.4, -0.2) is 0 Å². The van der Waals surface area contributed by atoms with E-state index < -0.39 is 0 Å². The van der Waals surface area contributed by atoms with Gasteiger partial charge in [-0.15, -0.1) is 0 Å². The first-order chi connectivity index (χ1) is 28.7. The summed E-state index contributed by atoms with van der Waals surface area (Å²) < 4.78 is 6.37. The van der Waals surface area contributed by atoms with Crippen LogP contribution in [0.25, 0.3) is 65.7 Å². The molecule has 0 amide bonds. The normalized spacial score (nSPS) is 13.3. The van der Waals surface area contributed by atoms with Crippen molar-refractivity contribution < 1.29 is 4.74 Å². The van der Waals surface area contributed by atoms with E-state index in [2.05, 4.69) is 229 Å². The van der Waals surface area contributed by atoms with Gasteiger partial charge in [-0.25, -0.2) is 0 Å². The summed E-state index contributed by atoms with van der Waals surface area (Å²) in [6.45, 7) is 0. The minimum Gasteiger partial charge on any atom is -0.464 e. The molecule has 11 rings (SSSR count). The van der Waals surface area contributed by atoms with Crippen molar-refractivity contribution in [1.29, 1.82) is 0 Å². The topological polar surface area (TPSA) is 24.5 Å². The molecule has 1 aliphatic heterocycles. The highest BCUT2D eigenvalue weighted by Crippen LogP contribution is 2.45. The molecule has 10 aromatic rings. The summed E-state index contributed by atoms with van der Waals surface area (Å²) >= 11 is 0. The lowest BCUT2D eigenvalue weighted by atomic mass is 9.93. The zero-order chi connectivity index (χ0) is 38.4. The van der Waals surface area contributed by atoms with Crippen molar-refractivity contribution in [3.05, 3.63) is 224 Å². The average Bonchev–Trinajstić information content (AvgIpc) is 3.75. The van der Waals surface area contributed by atoms with Crippen LogP contribution in [0.4, 0.5) is 22.7 Å². The van der Waals surface area contributed by atoms with Crippen LogP contribution < -0.4 is 15.0 Å². The summed E-state index contributed by atoms with van der Waals surface area (Å²) in [7, 11) is 0. The molecule has 0 fully saturated rings. The van der Waals surface area contributed by atoms with Gasteiger partial charge in [0.15, 0.2) is 6.23 Å². The summed E-state index contributed by atoms with van der Waals surface area (Å²) in [4.78, 5) is 2.38. The van der Waals surface area contributed by atoms with Crippen LogP contribution in [0.5, 0.6) is 5.75 Å². The van der Waals surface area contributed by atoms with Crippen molar-refractivity contribution in [1.82, 2.24) is 0 Å². The number of rotatable bonds is 7. The van der Waals surface area contributed by atoms with Crippen molar-refractivity contribution in [2.75, 3.05) is 10.2 Å². The van der Waals surface area contributed by atoms with Crippen LogP contribution in [0.15, 0.2) is 218 Å². The number of benzene rings is 10. The van der Waals surface area contributed by atoms with Crippen molar-refractivity contribution in [2.45, 2.75) is 6.23 Å². The van der Waals surface area contributed by atoms with Gasteiger partial charge in [-0.3, -0.25) is 0 Å². The van der Waals surface area contributed by atoms with Crippen LogP contribution in [0, 0.1) is 0 Å². The first kappa shape index (κ1) is 33.7. The van der Waals surface area contributed by atoms with Gasteiger partial charge in [-0.05, 0) is 97.2 Å². The van der Waals surface area contributed by atoms with Gasteiger partial charge in [0, 0.05) is 27.9 Å². The lowest BCUT2D eigenvalue weighted by Gasteiger charge is -2.28. The molecule has 0 aromatic heterocycles. The monoisotopic (exact) mass is 742 g/mol. The fraction of sp³-hybridized carbons (Fsp3) is 0.0182. The predicted octanol–water partition coefficient (Wildman–Crippen LogP) is 15.1. The van der Waals surface area contributed by atoms with Crippen LogP contribution in [0.1, 0.15) is 11.8 Å². The molecule has 1 atom stereocenters. The zero-order valence-electron chi connectivity index (χ0n) is 31.7. The number of hydrogen-bond donors (Lipinski definition) is 1. The largest absolute Gasteiger partial charge is 0.464 e. The van der Waals surface area contributed by atoms with E-state index in [1.165, 1.54) is 54.6 Å². The second kappa shape index (κ2) is 14.1. The number of anilines is 4. The third-order valence-electron chi connectivity index (χ3n) is 11.5. The lowest BCUT2D eigenvalue weighted by Crippen LogP contribution is -2.11. The number of hydrogen-bond acceptors (Lipinski definition) is 3. The van der Waals surface area contributed by atoms with Gasteiger partial charge in [-0.1, -0.05) is 176 Å². The molecule has 1 unspecified atom stereocenters. The molecular formula is C55H38N2O. The second-order valence-electron chi connectivity index (χ2n) is 14.9. The van der Waals surface area contributed by atoms with Gasteiger partial charge in [0.2, 0.25) is 0 Å². The van der Waals surface area contributed by atoms with E-state index in [0.29, 0.717) is 0 Å². The third-order valence-corrected chi connectivity index (χ3v) is 11.5. The Bertz CT molecular complexity index is 3100. The molecule has 3 nitrogen and oxygen atoms in total. The minimum atomic E-state index is -0.234. The highest BCUT2D eigenvalue weighted by Gasteiger charge is 2.25. The average molecular weight is 743 g/mol. The fourth-order valence-corrected chi connectivity index (χ4v) is 8.63. The molecule has 1 aliphatic rings. The summed E-state index contributed by atoms with van der Waals surface area (Å²) in [6.07, 6.45) is -0.234. The molecule has 3 heteroatoms. The molecule has 0 bridgehead atoms. The van der Waals surface area contributed by atoms with Crippen LogP contribution in [0.2, 0.25) is 0 Å². The number of nitrogens with one attached hydrogen (secondary N) is 1. The Balaban J connectivity index is 0.938. The van der Waals surface area contributed by atoms with Gasteiger partial charge in [-0.2, -0.15) is 0 Å². The molecule has 274 valence electrons. The molecule has 0 saturated heterocycles. The van der Waals surface area contributed by atoms with Crippen LogP contribution in [0.3, 0.4) is 0 Å². The van der Waals surface area contributed by atoms with E-state index in [0.717, 1.165) is 45.2 Å². The Morgan fingerprint density at radius 3 is 1.67 bits per heavy atom. The van der Waals surface area contributed by atoms with E-state index >= 15 is 0 Å². The maximum atomic E-state index is 6.37. The zero-order valence-corrected chi connectivity index (χ0v) is 31.7. The SMILES string of the molecule is c1ccc(-c2ccccc2N(c2ccc(-c3ccc(C4Nc5c(ccc6ccccc56)O4)cc3)cc2)c2ccc(-c3cc4ccccc4c4ccccc34)cc2)cc1. The summed E-state index contributed by atoms with van der Waals surface area (Å²) in [6, 6.07) is 78.4. The first-order valence-corrected chi connectivity index (χ1v) is 19.9. The maximum Gasteiger partial charge on any atom is 0.196 e.